The van der Waals surface area contributed by atoms with Crippen molar-refractivity contribution in [2.75, 3.05) is 6.61 Å². The zero-order valence-electron chi connectivity index (χ0n) is 23.5. The third-order valence-electron chi connectivity index (χ3n) is 6.45. The highest BCUT2D eigenvalue weighted by Gasteiger charge is 2.38. The van der Waals surface area contributed by atoms with Gasteiger partial charge in [0.15, 0.2) is 0 Å². The van der Waals surface area contributed by atoms with Crippen LogP contribution in [0.4, 0.5) is 22.0 Å². The summed E-state index contributed by atoms with van der Waals surface area (Å²) in [6.07, 6.45) is -4.06. The predicted octanol–water partition coefficient (Wildman–Crippen LogP) is 7.30. The summed E-state index contributed by atoms with van der Waals surface area (Å²) >= 11 is 0. The Kier molecular flexibility index (Phi) is 12.2. The van der Waals surface area contributed by atoms with Crippen molar-refractivity contribution in [3.8, 4) is 11.1 Å². The average Bonchev–Trinajstić information content (AvgIpc) is 2.86. The fourth-order valence-electron chi connectivity index (χ4n) is 4.52. The fraction of sp³-hybridized carbons (Fsp3) is 0.419. The minimum Gasteiger partial charge on any atom is -0.466 e. The van der Waals surface area contributed by atoms with Crippen LogP contribution in [-0.4, -0.2) is 29.7 Å². The van der Waals surface area contributed by atoms with E-state index in [4.69, 9.17) is 4.74 Å². The van der Waals surface area contributed by atoms with Crippen LogP contribution in [-0.2, 0) is 26.9 Å². The molecule has 0 radical (unpaired) electrons. The number of nitrogens with one attached hydrogen (secondary N) is 1. The van der Waals surface area contributed by atoms with Gasteiger partial charge in [-0.3, -0.25) is 9.59 Å². The van der Waals surface area contributed by atoms with E-state index in [0.29, 0.717) is 42.0 Å². The Morgan fingerprint density at radius 2 is 1.85 bits per heavy atom. The molecule has 2 atom stereocenters. The number of allylic oxidation sites excluding steroid dienone is 2. The molecule has 0 spiro atoms. The number of aliphatic hydroxyl groups excluding tert-OH is 1. The second-order valence-corrected chi connectivity index (χ2v) is 9.94. The number of benzene rings is 2. The molecule has 0 aliphatic rings. The van der Waals surface area contributed by atoms with Gasteiger partial charge in [-0.15, -0.1) is 13.2 Å². The Bertz CT molecular complexity index is 1270. The number of alkyl halides is 3. The van der Waals surface area contributed by atoms with Gasteiger partial charge in [0.2, 0.25) is 5.91 Å². The summed E-state index contributed by atoms with van der Waals surface area (Å²) in [5.41, 5.74) is -0.592. The van der Waals surface area contributed by atoms with E-state index < -0.39 is 59.4 Å². The second kappa shape index (κ2) is 14.9. The molecule has 0 aliphatic carbocycles. The van der Waals surface area contributed by atoms with E-state index in [2.05, 4.69) is 18.5 Å². The maximum absolute atomic E-state index is 15.6. The van der Waals surface area contributed by atoms with Crippen molar-refractivity contribution in [2.45, 2.75) is 77.6 Å². The highest BCUT2D eigenvalue weighted by molar-refractivity contribution is 5.82. The molecule has 0 saturated heterocycles. The summed E-state index contributed by atoms with van der Waals surface area (Å²) in [6.45, 7) is 12.0. The first-order valence-electron chi connectivity index (χ1n) is 13.3. The number of esters is 1. The number of aryl methyl sites for hydroxylation is 2. The van der Waals surface area contributed by atoms with E-state index in [1.54, 1.807) is 13.0 Å². The zero-order chi connectivity index (χ0) is 30.9. The van der Waals surface area contributed by atoms with Crippen LogP contribution in [0.15, 0.2) is 49.1 Å². The van der Waals surface area contributed by atoms with Crippen molar-refractivity contribution in [1.29, 1.82) is 0 Å². The van der Waals surface area contributed by atoms with Crippen LogP contribution in [0.2, 0.25) is 0 Å². The Morgan fingerprint density at radius 1 is 1.17 bits per heavy atom. The van der Waals surface area contributed by atoms with Gasteiger partial charge in [-0.2, -0.15) is 13.2 Å². The summed E-state index contributed by atoms with van der Waals surface area (Å²) in [5.74, 6) is -4.15. The van der Waals surface area contributed by atoms with Gasteiger partial charge in [-0.05, 0) is 99.4 Å². The Labute approximate surface area is 237 Å². The molecular formula is C31H36F5NO4. The van der Waals surface area contributed by atoms with Crippen LogP contribution in [0.3, 0.4) is 0 Å². The number of unbranched alkanes of at least 4 members (excludes halogenated alkanes) is 1. The summed E-state index contributed by atoms with van der Waals surface area (Å²) < 4.78 is 77.2. The molecule has 0 saturated carbocycles. The third-order valence-corrected chi connectivity index (χ3v) is 6.45. The van der Waals surface area contributed by atoms with E-state index in [-0.39, 0.29) is 30.6 Å². The molecule has 2 rings (SSSR count). The van der Waals surface area contributed by atoms with E-state index >= 15 is 4.39 Å². The van der Waals surface area contributed by atoms with Gasteiger partial charge in [-0.25, -0.2) is 8.78 Å². The number of halogens is 5. The topological polar surface area (TPSA) is 75.6 Å². The fourth-order valence-corrected chi connectivity index (χ4v) is 4.52. The normalized spacial score (nSPS) is 12.9. The zero-order valence-corrected chi connectivity index (χ0v) is 23.5. The molecule has 224 valence electrons. The first-order chi connectivity index (χ1) is 19.2. The molecule has 0 bridgehead atoms. The molecule has 2 aromatic rings. The number of carbonyl (C=O) groups is 2. The highest BCUT2D eigenvalue weighted by atomic mass is 19.4. The smallest absolute Gasteiger partial charge is 0.419 e. The molecule has 0 aliphatic heterocycles. The van der Waals surface area contributed by atoms with Crippen molar-refractivity contribution < 1.29 is 41.4 Å². The van der Waals surface area contributed by atoms with Crippen LogP contribution in [0, 0.1) is 18.6 Å². The van der Waals surface area contributed by atoms with Crippen LogP contribution in [0.1, 0.15) is 74.2 Å². The van der Waals surface area contributed by atoms with Gasteiger partial charge in [0.05, 0.1) is 24.6 Å². The van der Waals surface area contributed by atoms with Crippen molar-refractivity contribution in [1.82, 2.24) is 5.32 Å². The molecule has 0 aromatic heterocycles. The summed E-state index contributed by atoms with van der Waals surface area (Å²) in [6, 6.07) is 2.54. The largest absolute Gasteiger partial charge is 0.466 e. The lowest BCUT2D eigenvalue weighted by molar-refractivity contribution is -0.144. The summed E-state index contributed by atoms with van der Waals surface area (Å²) in [7, 11) is 0. The average molecular weight is 582 g/mol. The number of hydrogen-bond donors (Lipinski definition) is 2. The lowest BCUT2D eigenvalue weighted by Crippen LogP contribution is -2.38. The number of aliphatic hydroxyl groups is 1. The van der Waals surface area contributed by atoms with Gasteiger partial charge in [-0.1, -0.05) is 11.6 Å². The van der Waals surface area contributed by atoms with Gasteiger partial charge >= 0.3 is 12.1 Å². The summed E-state index contributed by atoms with van der Waals surface area (Å²) in [4.78, 5) is 25.2. The van der Waals surface area contributed by atoms with Gasteiger partial charge in [0, 0.05) is 5.56 Å². The number of amides is 1. The second-order valence-electron chi connectivity index (χ2n) is 9.94. The number of hydrogen-bond acceptors (Lipinski definition) is 4. The molecule has 2 aromatic carbocycles. The molecule has 0 fully saturated rings. The van der Waals surface area contributed by atoms with Crippen LogP contribution in [0.25, 0.3) is 11.1 Å². The first-order valence-corrected chi connectivity index (χ1v) is 13.3. The minimum absolute atomic E-state index is 0.0353. The lowest BCUT2D eigenvalue weighted by atomic mass is 9.88. The molecule has 1 amide bonds. The molecular weight excluding hydrogens is 545 g/mol. The molecule has 5 nitrogen and oxygen atoms in total. The number of ether oxygens (including phenoxy) is 1. The maximum atomic E-state index is 15.6. The third kappa shape index (κ3) is 9.52. The molecule has 2 N–H and O–H groups in total. The van der Waals surface area contributed by atoms with Crippen molar-refractivity contribution in [3.63, 3.8) is 0 Å². The molecule has 41 heavy (non-hydrogen) atoms. The van der Waals surface area contributed by atoms with Crippen molar-refractivity contribution >= 4 is 11.9 Å². The SMILES string of the molecule is C=CCCCc1cc(F)cc(C)c1-c1cc([C@H](CC(=O)OCC)NC(=O)[C@H](O)CCC(=C)C)c(F)c(C(F)(F)F)c1. The van der Waals surface area contributed by atoms with E-state index in [1.165, 1.54) is 26.0 Å². The summed E-state index contributed by atoms with van der Waals surface area (Å²) in [5, 5.41) is 12.6. The van der Waals surface area contributed by atoms with Gasteiger partial charge in [0.25, 0.3) is 0 Å². The molecule has 0 heterocycles. The Morgan fingerprint density at radius 3 is 2.44 bits per heavy atom. The molecule has 10 heteroatoms. The van der Waals surface area contributed by atoms with Gasteiger partial charge in [0.1, 0.15) is 17.7 Å². The Balaban J connectivity index is 2.75. The number of rotatable bonds is 14. The van der Waals surface area contributed by atoms with Crippen molar-refractivity contribution in [2.24, 2.45) is 0 Å². The van der Waals surface area contributed by atoms with Crippen LogP contribution >= 0.6 is 0 Å². The number of carbonyl (C=O) groups excluding carboxylic acids is 2. The maximum Gasteiger partial charge on any atom is 0.419 e. The first kappa shape index (κ1) is 33.7. The minimum atomic E-state index is -5.13. The standard InChI is InChI=1S/C31H36F5NO4/c1-6-8-9-10-20-14-22(32)13-19(5)28(20)21-15-23(29(33)24(16-21)31(34,35)36)25(17-27(39)41-7-2)37-30(40)26(38)12-11-18(3)4/h6,13-16,25-26,38H,1,3,7-12,17H2,2,4-5H3,(H,37,40)/t25-,26+/m0/s1. The van der Waals surface area contributed by atoms with Crippen molar-refractivity contribution in [3.05, 3.63) is 83.0 Å². The van der Waals surface area contributed by atoms with E-state index in [0.717, 1.165) is 6.07 Å². The van der Waals surface area contributed by atoms with Crippen LogP contribution < -0.4 is 5.32 Å². The lowest BCUT2D eigenvalue weighted by Gasteiger charge is -2.24. The Hall–Kier alpha value is -3.53. The monoisotopic (exact) mass is 581 g/mol. The van der Waals surface area contributed by atoms with E-state index in [1.807, 2.05) is 0 Å². The van der Waals surface area contributed by atoms with Gasteiger partial charge < -0.3 is 15.2 Å². The molecule has 0 unspecified atom stereocenters. The predicted molar refractivity (Wildman–Crippen MR) is 147 cm³/mol. The van der Waals surface area contributed by atoms with Crippen LogP contribution in [0.5, 0.6) is 0 Å². The van der Waals surface area contributed by atoms with E-state index in [9.17, 15) is 32.3 Å². The quantitative estimate of drug-likeness (QED) is 0.106. The highest BCUT2D eigenvalue weighted by Crippen LogP contribution is 2.40.